The van der Waals surface area contributed by atoms with Crippen molar-refractivity contribution < 1.29 is 26.3 Å². The molecule has 1 aliphatic heterocycles. The monoisotopic (exact) mass is 469 g/mol. The Morgan fingerprint density at radius 2 is 2.06 bits per heavy atom. The maximum atomic E-state index is 13.5. The maximum Gasteiger partial charge on any atom is 0.434 e. The van der Waals surface area contributed by atoms with Gasteiger partial charge in [0.1, 0.15) is 11.5 Å². The Morgan fingerprint density at radius 1 is 1.31 bits per heavy atom. The minimum Gasteiger partial charge on any atom is -0.377 e. The number of pyridine rings is 1. The Morgan fingerprint density at radius 3 is 2.69 bits per heavy atom. The van der Waals surface area contributed by atoms with Gasteiger partial charge in [-0.25, -0.2) is 13.4 Å². The third-order valence-electron chi connectivity index (χ3n) is 6.37. The summed E-state index contributed by atoms with van der Waals surface area (Å²) in [6, 6.07) is 3.39. The van der Waals surface area contributed by atoms with Gasteiger partial charge in [-0.2, -0.15) is 18.3 Å². The fraction of sp³-hybridized carbons (Fsp3) is 0.500. The van der Waals surface area contributed by atoms with Crippen LogP contribution < -0.4 is 4.90 Å². The lowest BCUT2D eigenvalue weighted by molar-refractivity contribution is -0.141. The van der Waals surface area contributed by atoms with E-state index >= 15 is 0 Å². The zero-order valence-electron chi connectivity index (χ0n) is 17.5. The van der Waals surface area contributed by atoms with Crippen molar-refractivity contribution in [1.29, 1.82) is 0 Å². The lowest BCUT2D eigenvalue weighted by Crippen LogP contribution is -2.44. The highest BCUT2D eigenvalue weighted by Gasteiger charge is 2.55. The van der Waals surface area contributed by atoms with Crippen molar-refractivity contribution in [3.63, 3.8) is 0 Å². The van der Waals surface area contributed by atoms with E-state index in [1.807, 2.05) is 16.9 Å². The maximum absolute atomic E-state index is 13.5. The SMILES string of the molecule is C[C@@H]1COCCN1c1cc(C2(S(C)(=O)=O)CC2)c2ccn(-c3cn[nH]c3C(F)(F)F)c2n1. The Hall–Kier alpha value is -2.60. The molecule has 0 spiro atoms. The summed E-state index contributed by atoms with van der Waals surface area (Å²) in [5, 5.41) is 6.12. The number of sulfone groups is 1. The van der Waals surface area contributed by atoms with Gasteiger partial charge in [0.05, 0.1) is 35.9 Å². The molecular weight excluding hydrogens is 447 g/mol. The molecule has 4 heterocycles. The Bertz CT molecular complexity index is 1290. The summed E-state index contributed by atoms with van der Waals surface area (Å²) in [7, 11) is -3.45. The average molecular weight is 469 g/mol. The molecule has 12 heteroatoms. The lowest BCUT2D eigenvalue weighted by Gasteiger charge is -2.35. The van der Waals surface area contributed by atoms with Crippen LogP contribution in [0, 0.1) is 0 Å². The second-order valence-corrected chi connectivity index (χ2v) is 10.8. The predicted octanol–water partition coefficient (Wildman–Crippen LogP) is 3.03. The Kier molecular flexibility index (Phi) is 4.61. The summed E-state index contributed by atoms with van der Waals surface area (Å²) in [4.78, 5) is 6.70. The fourth-order valence-corrected chi connectivity index (χ4v) is 5.92. The highest BCUT2D eigenvalue weighted by Crippen LogP contribution is 2.55. The van der Waals surface area contributed by atoms with Gasteiger partial charge in [-0.3, -0.25) is 9.67 Å². The summed E-state index contributed by atoms with van der Waals surface area (Å²) in [6.45, 7) is 3.47. The van der Waals surface area contributed by atoms with E-state index in [2.05, 4.69) is 5.10 Å². The largest absolute Gasteiger partial charge is 0.434 e. The molecule has 32 heavy (non-hydrogen) atoms. The smallest absolute Gasteiger partial charge is 0.377 e. The molecular formula is C20H22F3N5O3S. The van der Waals surface area contributed by atoms with Crippen LogP contribution in [-0.4, -0.2) is 60.2 Å². The molecule has 0 aromatic carbocycles. The third-order valence-corrected chi connectivity index (χ3v) is 8.42. The normalized spacial score (nSPS) is 21.3. The van der Waals surface area contributed by atoms with E-state index in [9.17, 15) is 21.6 Å². The number of hydrogen-bond donors (Lipinski definition) is 1. The van der Waals surface area contributed by atoms with Crippen molar-refractivity contribution in [2.45, 2.75) is 36.7 Å². The van der Waals surface area contributed by atoms with E-state index < -0.39 is 26.5 Å². The van der Waals surface area contributed by atoms with Gasteiger partial charge < -0.3 is 9.64 Å². The van der Waals surface area contributed by atoms with Crippen molar-refractivity contribution in [3.05, 3.63) is 35.8 Å². The Labute approximate surface area is 182 Å². The molecule has 1 atom stereocenters. The lowest BCUT2D eigenvalue weighted by atomic mass is 10.1. The highest BCUT2D eigenvalue weighted by atomic mass is 32.2. The van der Waals surface area contributed by atoms with Crippen molar-refractivity contribution in [3.8, 4) is 5.69 Å². The summed E-state index contributed by atoms with van der Waals surface area (Å²) in [5.41, 5.74) is -0.345. The molecule has 0 amide bonds. The topological polar surface area (TPSA) is 93.1 Å². The first kappa shape index (κ1) is 21.3. The molecule has 0 bridgehead atoms. The fourth-order valence-electron chi connectivity index (χ4n) is 4.51. The quantitative estimate of drug-likeness (QED) is 0.632. The van der Waals surface area contributed by atoms with Crippen LogP contribution in [0.2, 0.25) is 0 Å². The number of hydrogen-bond acceptors (Lipinski definition) is 6. The van der Waals surface area contributed by atoms with Gasteiger partial charge in [0.25, 0.3) is 0 Å². The van der Waals surface area contributed by atoms with Crippen molar-refractivity contribution in [1.82, 2.24) is 19.7 Å². The summed E-state index contributed by atoms with van der Waals surface area (Å²) in [5.74, 6) is 0.523. The molecule has 0 unspecified atom stereocenters. The number of halogens is 3. The van der Waals surface area contributed by atoms with Crippen molar-refractivity contribution in [2.75, 3.05) is 30.9 Å². The van der Waals surface area contributed by atoms with Gasteiger partial charge in [-0.15, -0.1) is 0 Å². The van der Waals surface area contributed by atoms with Crippen LogP contribution in [0.1, 0.15) is 31.0 Å². The standard InChI is InChI=1S/C20H22F3N5O3S/c1-12-11-31-8-7-27(12)16-9-14(19(4-5-19)32(2,29)30)13-3-6-28(18(13)25-16)15-10-24-26-17(15)20(21,22)23/h3,6,9-10,12H,4-5,7-8,11H2,1-2H3,(H,24,26)/t12-/m1/s1. The minimum atomic E-state index is -4.63. The van der Waals surface area contributed by atoms with Crippen LogP contribution in [0.3, 0.4) is 0 Å². The second-order valence-electron chi connectivity index (χ2n) is 8.46. The number of aromatic amines is 1. The summed E-state index contributed by atoms with van der Waals surface area (Å²) >= 11 is 0. The van der Waals surface area contributed by atoms with Crippen molar-refractivity contribution in [2.24, 2.45) is 0 Å². The highest BCUT2D eigenvalue weighted by molar-refractivity contribution is 7.92. The molecule has 172 valence electrons. The van der Waals surface area contributed by atoms with Gasteiger partial charge in [0.2, 0.25) is 0 Å². The number of H-pyrrole nitrogens is 1. The molecule has 8 nitrogen and oxygen atoms in total. The van der Waals surface area contributed by atoms with E-state index in [0.717, 1.165) is 6.20 Å². The van der Waals surface area contributed by atoms with E-state index in [-0.39, 0.29) is 17.4 Å². The van der Waals surface area contributed by atoms with Crippen LogP contribution >= 0.6 is 0 Å². The number of ether oxygens (including phenoxy) is 1. The predicted molar refractivity (Wildman–Crippen MR) is 112 cm³/mol. The number of anilines is 1. The van der Waals surface area contributed by atoms with Crippen molar-refractivity contribution >= 4 is 26.7 Å². The zero-order chi connectivity index (χ0) is 22.9. The molecule has 2 aliphatic rings. The van der Waals surface area contributed by atoms with Gasteiger partial charge in [0.15, 0.2) is 15.5 Å². The van der Waals surface area contributed by atoms with Crippen LogP contribution in [0.15, 0.2) is 24.5 Å². The first-order valence-corrected chi connectivity index (χ1v) is 12.1. The first-order valence-electron chi connectivity index (χ1n) is 10.2. The number of nitrogens with one attached hydrogen (secondary N) is 1. The number of fused-ring (bicyclic) bond motifs is 1. The molecule has 1 aliphatic carbocycles. The molecule has 3 aromatic rings. The first-order chi connectivity index (χ1) is 15.0. The van der Waals surface area contributed by atoms with Gasteiger partial charge in [-0.1, -0.05) is 0 Å². The van der Waals surface area contributed by atoms with Crippen LogP contribution in [0.25, 0.3) is 16.7 Å². The van der Waals surface area contributed by atoms with Gasteiger partial charge >= 0.3 is 6.18 Å². The van der Waals surface area contributed by atoms with E-state index in [1.165, 1.54) is 17.0 Å². The number of alkyl halides is 3. The third kappa shape index (κ3) is 3.19. The summed E-state index contributed by atoms with van der Waals surface area (Å²) < 4.78 is 71.8. The molecule has 5 rings (SSSR count). The zero-order valence-corrected chi connectivity index (χ0v) is 18.3. The molecule has 0 radical (unpaired) electrons. The molecule has 1 saturated carbocycles. The second kappa shape index (κ2) is 6.95. The van der Waals surface area contributed by atoms with Crippen LogP contribution in [-0.2, 0) is 25.5 Å². The van der Waals surface area contributed by atoms with E-state index in [1.54, 1.807) is 12.1 Å². The molecule has 1 saturated heterocycles. The van der Waals surface area contributed by atoms with Crippen LogP contribution in [0.4, 0.5) is 19.0 Å². The number of rotatable bonds is 4. The van der Waals surface area contributed by atoms with Gasteiger partial charge in [0, 0.05) is 24.4 Å². The van der Waals surface area contributed by atoms with E-state index in [0.29, 0.717) is 49.4 Å². The number of aromatic nitrogens is 4. The number of nitrogens with zero attached hydrogens (tertiary/aromatic N) is 4. The van der Waals surface area contributed by atoms with Crippen LogP contribution in [0.5, 0.6) is 0 Å². The average Bonchev–Trinajstić information content (AvgIpc) is 3.19. The number of morpholine rings is 1. The molecule has 2 fully saturated rings. The van der Waals surface area contributed by atoms with E-state index in [4.69, 9.17) is 9.72 Å². The summed E-state index contributed by atoms with van der Waals surface area (Å²) in [6.07, 6.45) is 0.0783. The Balaban J connectivity index is 1.77. The molecule has 1 N–H and O–H groups in total. The van der Waals surface area contributed by atoms with Gasteiger partial charge in [-0.05, 0) is 37.5 Å². The molecule has 3 aromatic heterocycles. The minimum absolute atomic E-state index is 0.0157.